The predicted octanol–water partition coefficient (Wildman–Crippen LogP) is 4.64. The summed E-state index contributed by atoms with van der Waals surface area (Å²) in [6.45, 7) is 1.46. The van der Waals surface area contributed by atoms with E-state index in [1.165, 1.54) is 0 Å². The zero-order chi connectivity index (χ0) is 25.6. The van der Waals surface area contributed by atoms with Gasteiger partial charge in [0, 0.05) is 6.08 Å². The lowest BCUT2D eigenvalue weighted by atomic mass is 10.1. The third-order valence-electron chi connectivity index (χ3n) is 6.51. The maximum atomic E-state index is 6.44. The lowest BCUT2D eigenvalue weighted by Gasteiger charge is -2.28. The third kappa shape index (κ3) is 6.04. The van der Waals surface area contributed by atoms with Crippen LogP contribution in [0.5, 0.6) is 0 Å². The molecule has 198 valence electrons. The van der Waals surface area contributed by atoms with E-state index in [-0.39, 0.29) is 6.61 Å². The average molecular weight is 519 g/mol. The molecule has 0 aromatic heterocycles. The van der Waals surface area contributed by atoms with Crippen LogP contribution in [0.3, 0.4) is 0 Å². The van der Waals surface area contributed by atoms with Crippen molar-refractivity contribution in [2.24, 2.45) is 0 Å². The van der Waals surface area contributed by atoms with E-state index in [0.717, 1.165) is 16.7 Å². The van der Waals surface area contributed by atoms with Gasteiger partial charge in [-0.05, 0) is 22.8 Å². The SMILES string of the molecule is C1=C[C@@]2(O[C@@H]3O[C@H](COCc4ccccc4)[C@@H](OCc4ccccc4)[C@@H]3OCc3ccccc3)OO[C@@H]1O2. The molecule has 3 aliphatic heterocycles. The summed E-state index contributed by atoms with van der Waals surface area (Å²) in [7, 11) is 0. The molecular formula is C30H30O8. The molecule has 3 heterocycles. The molecule has 6 rings (SSSR count). The van der Waals surface area contributed by atoms with Gasteiger partial charge < -0.3 is 18.9 Å². The molecular weight excluding hydrogens is 488 g/mol. The van der Waals surface area contributed by atoms with Crippen molar-refractivity contribution in [1.82, 2.24) is 0 Å². The molecule has 3 aliphatic rings. The zero-order valence-electron chi connectivity index (χ0n) is 20.8. The summed E-state index contributed by atoms with van der Waals surface area (Å²) in [6, 6.07) is 29.9. The van der Waals surface area contributed by atoms with Crippen LogP contribution >= 0.6 is 0 Å². The first-order valence-electron chi connectivity index (χ1n) is 12.7. The van der Waals surface area contributed by atoms with Gasteiger partial charge in [-0.2, -0.15) is 9.78 Å². The Labute approximate surface area is 221 Å². The lowest BCUT2D eigenvalue weighted by Crippen LogP contribution is -2.43. The van der Waals surface area contributed by atoms with Crippen molar-refractivity contribution < 1.29 is 38.2 Å². The number of hydrogen-bond donors (Lipinski definition) is 0. The molecule has 0 saturated carbocycles. The van der Waals surface area contributed by atoms with Crippen molar-refractivity contribution in [1.29, 1.82) is 0 Å². The van der Waals surface area contributed by atoms with Gasteiger partial charge in [-0.3, -0.25) is 9.47 Å². The normalized spacial score (nSPS) is 29.7. The Morgan fingerprint density at radius 1 is 0.684 bits per heavy atom. The van der Waals surface area contributed by atoms with Gasteiger partial charge in [0.15, 0.2) is 6.29 Å². The minimum absolute atomic E-state index is 0.281. The van der Waals surface area contributed by atoms with Crippen LogP contribution in [0.2, 0.25) is 0 Å². The van der Waals surface area contributed by atoms with Crippen LogP contribution in [-0.4, -0.2) is 43.5 Å². The molecule has 0 aliphatic carbocycles. The van der Waals surface area contributed by atoms with Crippen LogP contribution in [0.15, 0.2) is 103 Å². The Morgan fingerprint density at radius 3 is 1.79 bits per heavy atom. The second-order valence-electron chi connectivity index (χ2n) is 9.31. The van der Waals surface area contributed by atoms with Crippen LogP contribution in [0, 0.1) is 0 Å². The van der Waals surface area contributed by atoms with Gasteiger partial charge in [0.2, 0.25) is 6.29 Å². The van der Waals surface area contributed by atoms with E-state index >= 15 is 0 Å². The number of hydrogen-bond acceptors (Lipinski definition) is 8. The van der Waals surface area contributed by atoms with Gasteiger partial charge in [-0.1, -0.05) is 91.0 Å². The van der Waals surface area contributed by atoms with Gasteiger partial charge in [-0.15, -0.1) is 0 Å². The summed E-state index contributed by atoms with van der Waals surface area (Å²) in [6.07, 6.45) is 0.358. The zero-order valence-corrected chi connectivity index (χ0v) is 20.8. The molecule has 0 spiro atoms. The fraction of sp³-hybridized carbons (Fsp3) is 0.333. The van der Waals surface area contributed by atoms with Gasteiger partial charge in [-0.25, -0.2) is 0 Å². The fourth-order valence-corrected chi connectivity index (χ4v) is 4.60. The van der Waals surface area contributed by atoms with Gasteiger partial charge in [0.05, 0.1) is 26.4 Å². The van der Waals surface area contributed by atoms with E-state index in [0.29, 0.717) is 19.8 Å². The molecule has 0 unspecified atom stereocenters. The summed E-state index contributed by atoms with van der Waals surface area (Å²) in [5.74, 6) is -1.49. The molecule has 6 atom stereocenters. The highest BCUT2D eigenvalue weighted by molar-refractivity contribution is 5.15. The second kappa shape index (κ2) is 11.9. The van der Waals surface area contributed by atoms with E-state index in [2.05, 4.69) is 0 Å². The lowest BCUT2D eigenvalue weighted by molar-refractivity contribution is -0.426. The molecule has 2 saturated heterocycles. The van der Waals surface area contributed by atoms with Crippen molar-refractivity contribution in [3.05, 3.63) is 120 Å². The fourth-order valence-electron chi connectivity index (χ4n) is 4.60. The number of benzene rings is 3. The van der Waals surface area contributed by atoms with Crippen LogP contribution in [0.25, 0.3) is 0 Å². The van der Waals surface area contributed by atoms with E-state index < -0.39 is 36.9 Å². The summed E-state index contributed by atoms with van der Waals surface area (Å²) in [5, 5.41) is 0. The molecule has 3 aromatic carbocycles. The molecule has 3 aromatic rings. The van der Waals surface area contributed by atoms with Crippen molar-refractivity contribution in [2.45, 2.75) is 56.7 Å². The van der Waals surface area contributed by atoms with Gasteiger partial charge in [0.25, 0.3) is 0 Å². The first-order valence-corrected chi connectivity index (χ1v) is 12.7. The third-order valence-corrected chi connectivity index (χ3v) is 6.51. The van der Waals surface area contributed by atoms with E-state index in [1.807, 2.05) is 91.0 Å². The largest absolute Gasteiger partial charge is 0.374 e. The predicted molar refractivity (Wildman–Crippen MR) is 135 cm³/mol. The minimum Gasteiger partial charge on any atom is -0.374 e. The highest BCUT2D eigenvalue weighted by Gasteiger charge is 2.55. The van der Waals surface area contributed by atoms with Crippen molar-refractivity contribution in [3.63, 3.8) is 0 Å². The quantitative estimate of drug-likeness (QED) is 0.254. The molecule has 0 radical (unpaired) electrons. The van der Waals surface area contributed by atoms with Gasteiger partial charge in [0.1, 0.15) is 18.3 Å². The Balaban J connectivity index is 1.20. The van der Waals surface area contributed by atoms with Crippen LogP contribution in [-0.2, 0) is 58.0 Å². The summed E-state index contributed by atoms with van der Waals surface area (Å²) in [5.41, 5.74) is 3.13. The first kappa shape index (κ1) is 25.4. The number of fused-ring (bicyclic) bond motifs is 2. The number of ether oxygens (including phenoxy) is 6. The standard InChI is InChI=1S/C30H30O8/c1-4-10-22(11-5-1)18-31-21-25-27(32-19-23-12-6-2-7-13-23)28(33-20-24-14-8-3-9-15-24)29(34-25)36-30-17-16-26(35-30)37-38-30/h1-17,25-29H,18-21H2/t25-,26+,27-,28+,29+,30-/m1/s1. The summed E-state index contributed by atoms with van der Waals surface area (Å²) in [4.78, 5) is 10.4. The monoisotopic (exact) mass is 518 g/mol. The Kier molecular flexibility index (Phi) is 7.91. The van der Waals surface area contributed by atoms with Crippen molar-refractivity contribution in [3.8, 4) is 0 Å². The van der Waals surface area contributed by atoms with Crippen LogP contribution in [0.4, 0.5) is 0 Å². The second-order valence-corrected chi connectivity index (χ2v) is 9.31. The molecule has 8 nitrogen and oxygen atoms in total. The molecule has 2 bridgehead atoms. The van der Waals surface area contributed by atoms with Gasteiger partial charge >= 0.3 is 5.97 Å². The van der Waals surface area contributed by atoms with E-state index in [4.69, 9.17) is 38.2 Å². The highest BCUT2D eigenvalue weighted by Crippen LogP contribution is 2.39. The van der Waals surface area contributed by atoms with Crippen LogP contribution < -0.4 is 0 Å². The Morgan fingerprint density at radius 2 is 1.26 bits per heavy atom. The topological polar surface area (TPSA) is 73.8 Å². The minimum atomic E-state index is -1.49. The smallest absolute Gasteiger partial charge is 0.338 e. The molecule has 2 fully saturated rings. The molecule has 0 amide bonds. The van der Waals surface area contributed by atoms with Crippen LogP contribution in [0.1, 0.15) is 16.7 Å². The summed E-state index contributed by atoms with van der Waals surface area (Å²) >= 11 is 0. The molecule has 38 heavy (non-hydrogen) atoms. The molecule has 0 N–H and O–H groups in total. The first-order chi connectivity index (χ1) is 18.8. The summed E-state index contributed by atoms with van der Waals surface area (Å²) < 4.78 is 37.1. The van der Waals surface area contributed by atoms with E-state index in [9.17, 15) is 0 Å². The Bertz CT molecular complexity index is 1170. The Hall–Kier alpha value is -2.92. The highest BCUT2D eigenvalue weighted by atomic mass is 17.3. The average Bonchev–Trinajstić information content (AvgIpc) is 3.65. The number of rotatable bonds is 12. The van der Waals surface area contributed by atoms with Crippen molar-refractivity contribution in [2.75, 3.05) is 6.61 Å². The molecule has 8 heteroatoms. The van der Waals surface area contributed by atoms with Crippen molar-refractivity contribution >= 4 is 0 Å². The maximum absolute atomic E-state index is 6.44. The van der Waals surface area contributed by atoms with E-state index in [1.54, 1.807) is 12.2 Å². The maximum Gasteiger partial charge on any atom is 0.338 e.